The molecule has 2 aromatic heterocycles. The highest BCUT2D eigenvalue weighted by Crippen LogP contribution is 2.28. The maximum absolute atomic E-state index is 13.5. The van der Waals surface area contributed by atoms with E-state index in [9.17, 15) is 8.78 Å². The lowest BCUT2D eigenvalue weighted by Gasteiger charge is -2.04. The Balaban J connectivity index is 1.82. The molecule has 0 aliphatic carbocycles. The summed E-state index contributed by atoms with van der Waals surface area (Å²) in [7, 11) is 0. The quantitative estimate of drug-likeness (QED) is 0.590. The van der Waals surface area contributed by atoms with Gasteiger partial charge in [0.25, 0.3) is 0 Å². The summed E-state index contributed by atoms with van der Waals surface area (Å²) in [5, 5.41) is 3.21. The minimum absolute atomic E-state index is 0.322. The van der Waals surface area contributed by atoms with Crippen LogP contribution in [0.1, 0.15) is 5.56 Å². The van der Waals surface area contributed by atoms with Crippen molar-refractivity contribution in [2.45, 2.75) is 10.9 Å². The van der Waals surface area contributed by atoms with E-state index in [4.69, 9.17) is 5.73 Å². The van der Waals surface area contributed by atoms with Gasteiger partial charge in [-0.2, -0.15) is 0 Å². The second kappa shape index (κ2) is 5.34. The van der Waals surface area contributed by atoms with Gasteiger partial charge in [0.1, 0.15) is 22.3 Å². The molecule has 0 fully saturated rings. The van der Waals surface area contributed by atoms with E-state index in [0.29, 0.717) is 22.3 Å². The van der Waals surface area contributed by atoms with Crippen LogP contribution < -0.4 is 5.73 Å². The molecule has 0 atom stereocenters. The minimum Gasteiger partial charge on any atom is -0.383 e. The average Bonchev–Trinajstić information content (AvgIpc) is 2.86. The highest BCUT2D eigenvalue weighted by Gasteiger charge is 2.09. The second-order valence-electron chi connectivity index (χ2n) is 4.06. The van der Waals surface area contributed by atoms with Crippen molar-refractivity contribution in [3.63, 3.8) is 0 Å². The lowest BCUT2D eigenvalue weighted by Crippen LogP contribution is -1.96. The van der Waals surface area contributed by atoms with Crippen LogP contribution in [0.4, 0.5) is 14.6 Å². The van der Waals surface area contributed by atoms with Gasteiger partial charge < -0.3 is 5.73 Å². The molecule has 0 spiro atoms. The third-order valence-corrected chi connectivity index (χ3v) is 4.41. The van der Waals surface area contributed by atoms with Gasteiger partial charge in [-0.15, -0.1) is 11.3 Å². The van der Waals surface area contributed by atoms with Crippen molar-refractivity contribution in [1.82, 2.24) is 9.97 Å². The summed E-state index contributed by atoms with van der Waals surface area (Å²) in [6, 6.07) is 5.39. The standard InChI is InChI=1S/C13H9F2N3S2/c14-8-2-1-7(10(15)5-8)6-20-13-17-11(16)9-3-4-19-12(9)18-13/h1-5H,6H2,(H2,16,17,18). The third kappa shape index (κ3) is 2.59. The minimum atomic E-state index is -0.586. The largest absolute Gasteiger partial charge is 0.383 e. The van der Waals surface area contributed by atoms with Crippen molar-refractivity contribution in [2.75, 3.05) is 5.73 Å². The van der Waals surface area contributed by atoms with Gasteiger partial charge in [-0.3, -0.25) is 0 Å². The van der Waals surface area contributed by atoms with E-state index >= 15 is 0 Å². The topological polar surface area (TPSA) is 51.8 Å². The molecule has 102 valence electrons. The van der Waals surface area contributed by atoms with E-state index < -0.39 is 11.6 Å². The number of nitrogens with zero attached hydrogens (tertiary/aromatic N) is 2. The molecule has 2 heterocycles. The molecule has 20 heavy (non-hydrogen) atoms. The van der Waals surface area contributed by atoms with E-state index in [1.165, 1.54) is 35.2 Å². The third-order valence-electron chi connectivity index (χ3n) is 2.71. The lowest BCUT2D eigenvalue weighted by atomic mass is 10.2. The van der Waals surface area contributed by atoms with Gasteiger partial charge in [0.05, 0.1) is 5.39 Å². The van der Waals surface area contributed by atoms with E-state index in [-0.39, 0.29) is 0 Å². The summed E-state index contributed by atoms with van der Waals surface area (Å²) in [4.78, 5) is 9.33. The summed E-state index contributed by atoms with van der Waals surface area (Å²) < 4.78 is 26.3. The predicted octanol–water partition coefficient (Wildman–Crippen LogP) is 3.84. The summed E-state index contributed by atoms with van der Waals surface area (Å²) in [6.45, 7) is 0. The Bertz CT molecular complexity index is 773. The zero-order chi connectivity index (χ0) is 14.1. The summed E-state index contributed by atoms with van der Waals surface area (Å²) in [6.07, 6.45) is 0. The molecule has 0 amide bonds. The summed E-state index contributed by atoms with van der Waals surface area (Å²) in [5.41, 5.74) is 6.25. The van der Waals surface area contributed by atoms with Gasteiger partial charge in [0.15, 0.2) is 5.16 Å². The van der Waals surface area contributed by atoms with Gasteiger partial charge in [-0.05, 0) is 23.1 Å². The zero-order valence-electron chi connectivity index (χ0n) is 10.1. The molecule has 1 aromatic carbocycles. The molecule has 2 N–H and O–H groups in total. The van der Waals surface area contributed by atoms with Crippen molar-refractivity contribution in [3.05, 3.63) is 46.8 Å². The molecule has 0 saturated carbocycles. The number of fused-ring (bicyclic) bond motifs is 1. The first-order valence-corrected chi connectivity index (χ1v) is 7.57. The van der Waals surface area contributed by atoms with Gasteiger partial charge in [-0.1, -0.05) is 17.8 Å². The van der Waals surface area contributed by atoms with Crippen molar-refractivity contribution < 1.29 is 8.78 Å². The molecular weight excluding hydrogens is 300 g/mol. The van der Waals surface area contributed by atoms with Crippen LogP contribution in [0.25, 0.3) is 10.2 Å². The van der Waals surface area contributed by atoms with Crippen LogP contribution in [0.5, 0.6) is 0 Å². The summed E-state index contributed by atoms with van der Waals surface area (Å²) in [5.74, 6) is -0.416. The first-order chi connectivity index (χ1) is 9.63. The average molecular weight is 309 g/mol. The van der Waals surface area contributed by atoms with Crippen LogP contribution in [0.15, 0.2) is 34.8 Å². The van der Waals surface area contributed by atoms with E-state index in [2.05, 4.69) is 9.97 Å². The predicted molar refractivity (Wildman–Crippen MR) is 77.7 cm³/mol. The molecule has 0 aliphatic rings. The number of thioether (sulfide) groups is 1. The fourth-order valence-electron chi connectivity index (χ4n) is 1.70. The number of benzene rings is 1. The van der Waals surface area contributed by atoms with E-state index in [1.807, 2.05) is 11.4 Å². The zero-order valence-corrected chi connectivity index (χ0v) is 11.8. The van der Waals surface area contributed by atoms with Crippen molar-refractivity contribution >= 4 is 39.1 Å². The van der Waals surface area contributed by atoms with Crippen molar-refractivity contribution in [3.8, 4) is 0 Å². The Labute approximate surface area is 121 Å². The molecule has 3 aromatic rings. The number of hydrogen-bond donors (Lipinski definition) is 1. The second-order valence-corrected chi connectivity index (χ2v) is 5.89. The van der Waals surface area contributed by atoms with Gasteiger partial charge >= 0.3 is 0 Å². The molecule has 3 rings (SSSR count). The number of halogens is 2. The fraction of sp³-hybridized carbons (Fsp3) is 0.0769. The van der Waals surface area contributed by atoms with E-state index in [0.717, 1.165) is 16.3 Å². The van der Waals surface area contributed by atoms with Gasteiger partial charge in [0, 0.05) is 11.8 Å². The maximum Gasteiger partial charge on any atom is 0.191 e. The molecule has 3 nitrogen and oxygen atoms in total. The van der Waals surface area contributed by atoms with Crippen molar-refractivity contribution in [2.24, 2.45) is 0 Å². The van der Waals surface area contributed by atoms with Gasteiger partial charge in [0.2, 0.25) is 0 Å². The molecule has 0 unspecified atom stereocenters. The molecule has 0 bridgehead atoms. The van der Waals surface area contributed by atoms with Gasteiger partial charge in [-0.25, -0.2) is 18.7 Å². The number of hydrogen-bond acceptors (Lipinski definition) is 5. The Kier molecular flexibility index (Phi) is 3.54. The number of rotatable bonds is 3. The Morgan fingerprint density at radius 3 is 2.85 bits per heavy atom. The van der Waals surface area contributed by atoms with Crippen LogP contribution in [-0.2, 0) is 5.75 Å². The number of nitrogens with two attached hydrogens (primary N) is 1. The number of anilines is 1. The number of aromatic nitrogens is 2. The van der Waals surface area contributed by atoms with Crippen LogP contribution in [0.3, 0.4) is 0 Å². The molecule has 0 aliphatic heterocycles. The van der Waals surface area contributed by atoms with Crippen molar-refractivity contribution in [1.29, 1.82) is 0 Å². The highest BCUT2D eigenvalue weighted by atomic mass is 32.2. The Morgan fingerprint density at radius 1 is 1.20 bits per heavy atom. The smallest absolute Gasteiger partial charge is 0.191 e. The lowest BCUT2D eigenvalue weighted by molar-refractivity contribution is 0.576. The molecule has 0 saturated heterocycles. The SMILES string of the molecule is Nc1nc(SCc2ccc(F)cc2F)nc2sccc12. The first kappa shape index (κ1) is 13.3. The Hall–Kier alpha value is -1.73. The van der Waals surface area contributed by atoms with Crippen LogP contribution in [-0.4, -0.2) is 9.97 Å². The molecule has 7 heteroatoms. The number of thiophene rings is 1. The van der Waals surface area contributed by atoms with Crippen LogP contribution in [0, 0.1) is 11.6 Å². The first-order valence-electron chi connectivity index (χ1n) is 5.71. The van der Waals surface area contributed by atoms with Crippen LogP contribution >= 0.6 is 23.1 Å². The molecule has 0 radical (unpaired) electrons. The fourth-order valence-corrected chi connectivity index (χ4v) is 3.37. The maximum atomic E-state index is 13.5. The summed E-state index contributed by atoms with van der Waals surface area (Å²) >= 11 is 2.74. The highest BCUT2D eigenvalue weighted by molar-refractivity contribution is 7.98. The monoisotopic (exact) mass is 309 g/mol. The Morgan fingerprint density at radius 2 is 2.05 bits per heavy atom. The molecular formula is C13H9F2N3S2. The number of nitrogen functional groups attached to an aromatic ring is 1. The van der Waals surface area contributed by atoms with E-state index in [1.54, 1.807) is 0 Å². The van der Waals surface area contributed by atoms with Crippen LogP contribution in [0.2, 0.25) is 0 Å². The normalized spacial score (nSPS) is 11.1.